The van der Waals surface area contributed by atoms with Gasteiger partial charge in [0.25, 0.3) is 0 Å². The van der Waals surface area contributed by atoms with Gasteiger partial charge in [-0.1, -0.05) is 17.4 Å². The van der Waals surface area contributed by atoms with Gasteiger partial charge >= 0.3 is 10.8 Å². The standard InChI is InChI=1S/C15H17NO5S/c1-10-9-22-15(18)16(10)7-8-21-14(17)13-11(19-2)5-4-6-12(13)20-3/h4-6,9H,7-8H2,1-3H3. The van der Waals surface area contributed by atoms with Crippen LogP contribution in [0, 0.1) is 6.92 Å². The molecule has 1 heterocycles. The van der Waals surface area contributed by atoms with Crippen molar-refractivity contribution in [2.24, 2.45) is 0 Å². The molecule has 7 heteroatoms. The Morgan fingerprint density at radius 3 is 2.36 bits per heavy atom. The summed E-state index contributed by atoms with van der Waals surface area (Å²) < 4.78 is 17.1. The van der Waals surface area contributed by atoms with E-state index in [4.69, 9.17) is 14.2 Å². The Bertz CT molecular complexity index is 697. The zero-order valence-corrected chi connectivity index (χ0v) is 13.4. The van der Waals surface area contributed by atoms with E-state index in [0.717, 1.165) is 17.0 Å². The predicted molar refractivity (Wildman–Crippen MR) is 83.1 cm³/mol. The van der Waals surface area contributed by atoms with Crippen molar-refractivity contribution in [1.29, 1.82) is 0 Å². The number of thiazole rings is 1. The summed E-state index contributed by atoms with van der Waals surface area (Å²) in [6.45, 7) is 2.25. The zero-order chi connectivity index (χ0) is 16.1. The van der Waals surface area contributed by atoms with E-state index in [-0.39, 0.29) is 17.0 Å². The first-order valence-corrected chi connectivity index (χ1v) is 7.49. The summed E-state index contributed by atoms with van der Waals surface area (Å²) in [4.78, 5) is 23.8. The monoisotopic (exact) mass is 323 g/mol. The van der Waals surface area contributed by atoms with Crippen molar-refractivity contribution < 1.29 is 19.0 Å². The Morgan fingerprint density at radius 1 is 1.23 bits per heavy atom. The molecule has 0 N–H and O–H groups in total. The maximum atomic E-state index is 12.2. The van der Waals surface area contributed by atoms with Gasteiger partial charge in [-0.05, 0) is 19.1 Å². The third-order valence-electron chi connectivity index (χ3n) is 3.16. The van der Waals surface area contributed by atoms with Gasteiger partial charge in [0.05, 0.1) is 20.8 Å². The average molecular weight is 323 g/mol. The van der Waals surface area contributed by atoms with E-state index in [2.05, 4.69) is 0 Å². The predicted octanol–water partition coefficient (Wildman–Crippen LogP) is 2.09. The number of aromatic nitrogens is 1. The lowest BCUT2D eigenvalue weighted by Gasteiger charge is -2.12. The number of rotatable bonds is 6. The summed E-state index contributed by atoms with van der Waals surface area (Å²) in [5, 5.41) is 1.77. The highest BCUT2D eigenvalue weighted by Gasteiger charge is 2.19. The molecule has 2 rings (SSSR count). The molecule has 0 bridgehead atoms. The Kier molecular flexibility index (Phi) is 5.21. The molecule has 6 nitrogen and oxygen atoms in total. The van der Waals surface area contributed by atoms with Crippen LogP contribution in [0.2, 0.25) is 0 Å². The normalized spacial score (nSPS) is 10.3. The molecule has 0 radical (unpaired) electrons. The first kappa shape index (κ1) is 16.1. The van der Waals surface area contributed by atoms with Gasteiger partial charge in [-0.15, -0.1) is 0 Å². The molecular formula is C15H17NO5S. The fourth-order valence-electron chi connectivity index (χ4n) is 2.03. The van der Waals surface area contributed by atoms with Crippen molar-refractivity contribution in [3.8, 4) is 11.5 Å². The molecule has 2 aromatic rings. The van der Waals surface area contributed by atoms with Crippen LogP contribution in [0.3, 0.4) is 0 Å². The molecule has 0 saturated heterocycles. The number of hydrogen-bond donors (Lipinski definition) is 0. The summed E-state index contributed by atoms with van der Waals surface area (Å²) >= 11 is 1.13. The van der Waals surface area contributed by atoms with Gasteiger partial charge < -0.3 is 14.2 Å². The minimum atomic E-state index is -0.546. The number of carbonyl (C=O) groups excluding carboxylic acids is 1. The topological polar surface area (TPSA) is 66.8 Å². The first-order chi connectivity index (χ1) is 10.6. The Hall–Kier alpha value is -2.28. The highest BCUT2D eigenvalue weighted by atomic mass is 32.1. The van der Waals surface area contributed by atoms with Gasteiger partial charge in [-0.25, -0.2) is 4.79 Å². The van der Waals surface area contributed by atoms with E-state index in [9.17, 15) is 9.59 Å². The second-order valence-corrected chi connectivity index (χ2v) is 5.29. The second-order valence-electron chi connectivity index (χ2n) is 4.47. The van der Waals surface area contributed by atoms with Crippen molar-refractivity contribution in [3.05, 3.63) is 44.5 Å². The van der Waals surface area contributed by atoms with Crippen LogP contribution in [-0.4, -0.2) is 31.4 Å². The lowest BCUT2D eigenvalue weighted by molar-refractivity contribution is 0.0482. The lowest BCUT2D eigenvalue weighted by Crippen LogP contribution is -2.20. The Balaban J connectivity index is 2.08. The smallest absolute Gasteiger partial charge is 0.345 e. The molecule has 118 valence electrons. The summed E-state index contributed by atoms with van der Waals surface area (Å²) in [5.74, 6) is 0.219. The SMILES string of the molecule is COc1cccc(OC)c1C(=O)OCCn1c(C)csc1=O. The molecule has 0 fully saturated rings. The van der Waals surface area contributed by atoms with Gasteiger partial charge in [-0.3, -0.25) is 9.36 Å². The molecule has 0 aliphatic heterocycles. The van der Waals surface area contributed by atoms with Crippen LogP contribution in [-0.2, 0) is 11.3 Å². The van der Waals surface area contributed by atoms with Crippen molar-refractivity contribution >= 4 is 17.3 Å². The van der Waals surface area contributed by atoms with Crippen molar-refractivity contribution in [2.75, 3.05) is 20.8 Å². The Labute approximate surface area is 131 Å². The number of hydrogen-bond acceptors (Lipinski definition) is 6. The minimum absolute atomic E-state index is 0.0663. The van der Waals surface area contributed by atoms with E-state index in [1.807, 2.05) is 6.92 Å². The minimum Gasteiger partial charge on any atom is -0.496 e. The highest BCUT2D eigenvalue weighted by Crippen LogP contribution is 2.28. The number of methoxy groups -OCH3 is 2. The maximum absolute atomic E-state index is 12.2. The third-order valence-corrected chi connectivity index (χ3v) is 4.04. The number of nitrogens with zero attached hydrogens (tertiary/aromatic N) is 1. The average Bonchev–Trinajstić information content (AvgIpc) is 2.85. The number of benzene rings is 1. The molecule has 0 aliphatic carbocycles. The van der Waals surface area contributed by atoms with Crippen LogP contribution >= 0.6 is 11.3 Å². The van der Waals surface area contributed by atoms with Crippen molar-refractivity contribution in [1.82, 2.24) is 4.57 Å². The van der Waals surface area contributed by atoms with Crippen LogP contribution in [0.25, 0.3) is 0 Å². The quantitative estimate of drug-likeness (QED) is 0.762. The summed E-state index contributed by atoms with van der Waals surface area (Å²) in [5.41, 5.74) is 1.09. The highest BCUT2D eigenvalue weighted by molar-refractivity contribution is 7.07. The number of carbonyl (C=O) groups is 1. The van der Waals surface area contributed by atoms with Crippen molar-refractivity contribution in [2.45, 2.75) is 13.5 Å². The lowest BCUT2D eigenvalue weighted by atomic mass is 10.2. The molecular weight excluding hydrogens is 306 g/mol. The van der Waals surface area contributed by atoms with Crippen LogP contribution in [0.15, 0.2) is 28.4 Å². The molecule has 1 aromatic carbocycles. The fourth-order valence-corrected chi connectivity index (χ4v) is 2.79. The van der Waals surface area contributed by atoms with Gasteiger partial charge in [-0.2, -0.15) is 0 Å². The largest absolute Gasteiger partial charge is 0.496 e. The Morgan fingerprint density at radius 2 is 1.86 bits per heavy atom. The van der Waals surface area contributed by atoms with Crippen LogP contribution in [0.5, 0.6) is 11.5 Å². The summed E-state index contributed by atoms with van der Waals surface area (Å²) in [7, 11) is 2.94. The summed E-state index contributed by atoms with van der Waals surface area (Å²) in [6, 6.07) is 5.04. The molecule has 0 aliphatic rings. The van der Waals surface area contributed by atoms with E-state index >= 15 is 0 Å². The number of esters is 1. The fraction of sp³-hybridized carbons (Fsp3) is 0.333. The zero-order valence-electron chi connectivity index (χ0n) is 12.6. The van der Waals surface area contributed by atoms with Crippen LogP contribution in [0.1, 0.15) is 16.1 Å². The third kappa shape index (κ3) is 3.30. The summed E-state index contributed by atoms with van der Waals surface area (Å²) in [6.07, 6.45) is 0. The maximum Gasteiger partial charge on any atom is 0.345 e. The van der Waals surface area contributed by atoms with Gasteiger partial charge in [0.2, 0.25) is 0 Å². The molecule has 22 heavy (non-hydrogen) atoms. The van der Waals surface area contributed by atoms with Gasteiger partial charge in [0.1, 0.15) is 23.7 Å². The molecule has 0 amide bonds. The van der Waals surface area contributed by atoms with Gasteiger partial charge in [0, 0.05) is 11.1 Å². The van der Waals surface area contributed by atoms with Crippen molar-refractivity contribution in [3.63, 3.8) is 0 Å². The van der Waals surface area contributed by atoms with Gasteiger partial charge in [0.15, 0.2) is 0 Å². The van der Waals surface area contributed by atoms with Crippen LogP contribution < -0.4 is 14.3 Å². The molecule has 0 atom stereocenters. The first-order valence-electron chi connectivity index (χ1n) is 6.61. The molecule has 0 unspecified atom stereocenters. The molecule has 0 saturated carbocycles. The number of aryl methyl sites for hydroxylation is 1. The van der Waals surface area contributed by atoms with E-state index < -0.39 is 5.97 Å². The van der Waals surface area contributed by atoms with Crippen LogP contribution in [0.4, 0.5) is 0 Å². The second kappa shape index (κ2) is 7.13. The van der Waals surface area contributed by atoms with E-state index in [1.54, 1.807) is 28.1 Å². The van der Waals surface area contributed by atoms with E-state index in [0.29, 0.717) is 18.0 Å². The number of ether oxygens (including phenoxy) is 3. The molecule has 0 spiro atoms. The molecule has 1 aromatic heterocycles. The van der Waals surface area contributed by atoms with E-state index in [1.165, 1.54) is 14.2 Å².